The Morgan fingerprint density at radius 1 is 1.41 bits per heavy atom. The molecule has 0 spiro atoms. The average Bonchev–Trinajstić information content (AvgIpc) is 2.50. The normalized spacial score (nSPS) is 22.5. The molecule has 0 aliphatic carbocycles. The fourth-order valence-corrected chi connectivity index (χ4v) is 2.49. The largest absolute Gasteiger partial charge is 0.384 e. The molecule has 1 saturated heterocycles. The summed E-state index contributed by atoms with van der Waals surface area (Å²) in [5.74, 6) is 1.63. The molecule has 1 fully saturated rings. The highest BCUT2D eigenvalue weighted by molar-refractivity contribution is 5.45. The van der Waals surface area contributed by atoms with Crippen LogP contribution < -0.4 is 10.6 Å². The van der Waals surface area contributed by atoms with Crippen LogP contribution in [0.15, 0.2) is 18.2 Å². The average molecular weight is 234 g/mol. The molecule has 0 aromatic carbocycles. The number of pyridine rings is 1. The Morgan fingerprint density at radius 2 is 2.24 bits per heavy atom. The number of rotatable bonds is 2. The third kappa shape index (κ3) is 2.88. The highest BCUT2D eigenvalue weighted by Gasteiger charge is 2.22. The zero-order valence-electron chi connectivity index (χ0n) is 10.8. The van der Waals surface area contributed by atoms with Crippen molar-refractivity contribution in [1.29, 1.82) is 0 Å². The summed E-state index contributed by atoms with van der Waals surface area (Å²) in [6, 6.07) is 6.43. The molecule has 0 saturated carbocycles. The van der Waals surface area contributed by atoms with Crippen molar-refractivity contribution in [2.75, 3.05) is 37.3 Å². The zero-order valence-corrected chi connectivity index (χ0v) is 10.8. The molecule has 2 N–H and O–H groups in total. The molecule has 1 aliphatic rings. The van der Waals surface area contributed by atoms with E-state index in [0.29, 0.717) is 11.9 Å². The minimum atomic E-state index is 0.539. The molecule has 0 bridgehead atoms. The van der Waals surface area contributed by atoms with Gasteiger partial charge in [-0.05, 0) is 38.6 Å². The zero-order chi connectivity index (χ0) is 12.3. The summed E-state index contributed by atoms with van der Waals surface area (Å²) in [6.45, 7) is 5.57. The fraction of sp³-hybridized carbons (Fsp3) is 0.615. The van der Waals surface area contributed by atoms with Crippen LogP contribution in [0.3, 0.4) is 0 Å². The minimum absolute atomic E-state index is 0.539. The van der Waals surface area contributed by atoms with Crippen LogP contribution >= 0.6 is 0 Å². The lowest BCUT2D eigenvalue weighted by Gasteiger charge is -2.31. The quantitative estimate of drug-likeness (QED) is 0.844. The van der Waals surface area contributed by atoms with Gasteiger partial charge >= 0.3 is 0 Å². The fourth-order valence-electron chi connectivity index (χ4n) is 2.49. The Morgan fingerprint density at radius 3 is 2.94 bits per heavy atom. The van der Waals surface area contributed by atoms with Crippen LogP contribution in [-0.4, -0.2) is 42.6 Å². The number of nitrogens with zero attached hydrogens (tertiary/aromatic N) is 3. The molecule has 1 atom stereocenters. The highest BCUT2D eigenvalue weighted by Crippen LogP contribution is 2.20. The topological polar surface area (TPSA) is 45.4 Å². The summed E-state index contributed by atoms with van der Waals surface area (Å²) in [5.41, 5.74) is 5.77. The maximum Gasteiger partial charge on any atom is 0.131 e. The maximum absolute atomic E-state index is 5.77. The van der Waals surface area contributed by atoms with E-state index in [1.54, 1.807) is 0 Å². The van der Waals surface area contributed by atoms with E-state index in [-0.39, 0.29) is 0 Å². The van der Waals surface area contributed by atoms with Crippen molar-refractivity contribution in [2.24, 2.45) is 0 Å². The molecule has 2 heterocycles. The number of hydrogen-bond acceptors (Lipinski definition) is 4. The number of hydrogen-bond donors (Lipinski definition) is 1. The Balaban J connectivity index is 2.22. The van der Waals surface area contributed by atoms with Crippen molar-refractivity contribution in [2.45, 2.75) is 25.8 Å². The van der Waals surface area contributed by atoms with Gasteiger partial charge in [-0.25, -0.2) is 4.98 Å². The smallest absolute Gasteiger partial charge is 0.131 e. The first-order valence-electron chi connectivity index (χ1n) is 6.38. The standard InChI is InChI=1S/C13H22N4/c1-3-11-10-16(2)8-5-9-17(11)13-7-4-6-12(14)15-13/h4,6-7,11H,3,5,8-10H2,1-2H3,(H2,14,15). The third-order valence-corrected chi connectivity index (χ3v) is 3.42. The van der Waals surface area contributed by atoms with Crippen LogP contribution in [0.2, 0.25) is 0 Å². The van der Waals surface area contributed by atoms with Crippen molar-refractivity contribution in [3.8, 4) is 0 Å². The summed E-state index contributed by atoms with van der Waals surface area (Å²) >= 11 is 0. The van der Waals surface area contributed by atoms with Crippen LogP contribution in [0.5, 0.6) is 0 Å². The summed E-state index contributed by atoms with van der Waals surface area (Å²) < 4.78 is 0. The molecular formula is C13H22N4. The monoisotopic (exact) mass is 234 g/mol. The first-order valence-corrected chi connectivity index (χ1v) is 6.38. The Kier molecular flexibility index (Phi) is 3.84. The van der Waals surface area contributed by atoms with Gasteiger partial charge in [0.15, 0.2) is 0 Å². The molecule has 1 aliphatic heterocycles. The molecular weight excluding hydrogens is 212 g/mol. The SMILES string of the molecule is CCC1CN(C)CCCN1c1cccc(N)n1. The number of aromatic nitrogens is 1. The van der Waals surface area contributed by atoms with Crippen LogP contribution in [0.1, 0.15) is 19.8 Å². The van der Waals surface area contributed by atoms with Gasteiger partial charge in [0, 0.05) is 19.1 Å². The summed E-state index contributed by atoms with van der Waals surface area (Å²) in [5, 5.41) is 0. The number of nitrogen functional groups attached to an aromatic ring is 1. The third-order valence-electron chi connectivity index (χ3n) is 3.42. The molecule has 0 amide bonds. The molecule has 2 rings (SSSR count). The maximum atomic E-state index is 5.77. The molecule has 17 heavy (non-hydrogen) atoms. The van der Waals surface area contributed by atoms with Gasteiger partial charge in [0.1, 0.15) is 11.6 Å². The van der Waals surface area contributed by atoms with Gasteiger partial charge in [0.2, 0.25) is 0 Å². The van der Waals surface area contributed by atoms with E-state index in [1.165, 1.54) is 6.42 Å². The van der Waals surface area contributed by atoms with E-state index in [4.69, 9.17) is 5.73 Å². The van der Waals surface area contributed by atoms with Gasteiger partial charge in [-0.2, -0.15) is 0 Å². The van der Waals surface area contributed by atoms with Gasteiger partial charge in [-0.1, -0.05) is 13.0 Å². The first-order chi connectivity index (χ1) is 8.20. The van der Waals surface area contributed by atoms with Crippen LogP contribution in [0.4, 0.5) is 11.6 Å². The summed E-state index contributed by atoms with van der Waals surface area (Å²) in [7, 11) is 2.19. The Bertz CT molecular complexity index is 366. The van der Waals surface area contributed by atoms with Gasteiger partial charge in [-0.3, -0.25) is 0 Å². The summed E-state index contributed by atoms with van der Waals surface area (Å²) in [4.78, 5) is 9.25. The second-order valence-electron chi connectivity index (χ2n) is 4.79. The lowest BCUT2D eigenvalue weighted by Crippen LogP contribution is -2.40. The van der Waals surface area contributed by atoms with Gasteiger partial charge in [-0.15, -0.1) is 0 Å². The van der Waals surface area contributed by atoms with E-state index in [2.05, 4.69) is 34.8 Å². The Labute approximate surface area is 103 Å². The molecule has 4 nitrogen and oxygen atoms in total. The number of likely N-dealkylation sites (N-methyl/N-ethyl adjacent to an activating group) is 1. The second kappa shape index (κ2) is 5.36. The summed E-state index contributed by atoms with van der Waals surface area (Å²) in [6.07, 6.45) is 2.32. The van der Waals surface area contributed by atoms with Crippen molar-refractivity contribution in [3.63, 3.8) is 0 Å². The minimum Gasteiger partial charge on any atom is -0.384 e. The van der Waals surface area contributed by atoms with E-state index in [9.17, 15) is 0 Å². The van der Waals surface area contributed by atoms with E-state index >= 15 is 0 Å². The van der Waals surface area contributed by atoms with Crippen molar-refractivity contribution in [3.05, 3.63) is 18.2 Å². The van der Waals surface area contributed by atoms with Gasteiger partial charge in [0.25, 0.3) is 0 Å². The van der Waals surface area contributed by atoms with Crippen molar-refractivity contribution >= 4 is 11.6 Å². The van der Waals surface area contributed by atoms with E-state index in [0.717, 1.165) is 31.9 Å². The number of nitrogens with two attached hydrogens (primary N) is 1. The van der Waals surface area contributed by atoms with E-state index < -0.39 is 0 Å². The molecule has 4 heteroatoms. The second-order valence-corrected chi connectivity index (χ2v) is 4.79. The molecule has 0 radical (unpaired) electrons. The predicted octanol–water partition coefficient (Wildman–Crippen LogP) is 1.58. The van der Waals surface area contributed by atoms with Crippen molar-refractivity contribution < 1.29 is 0 Å². The first kappa shape index (κ1) is 12.2. The lowest BCUT2D eigenvalue weighted by atomic mass is 10.2. The predicted molar refractivity (Wildman–Crippen MR) is 72.2 cm³/mol. The number of anilines is 2. The molecule has 1 unspecified atom stereocenters. The Hall–Kier alpha value is -1.29. The molecule has 1 aromatic heterocycles. The van der Waals surface area contributed by atoms with E-state index in [1.807, 2.05) is 12.1 Å². The highest BCUT2D eigenvalue weighted by atomic mass is 15.3. The van der Waals surface area contributed by atoms with Crippen molar-refractivity contribution in [1.82, 2.24) is 9.88 Å². The van der Waals surface area contributed by atoms with Gasteiger partial charge < -0.3 is 15.5 Å². The lowest BCUT2D eigenvalue weighted by molar-refractivity contribution is 0.327. The van der Waals surface area contributed by atoms with Crippen LogP contribution in [0, 0.1) is 0 Å². The van der Waals surface area contributed by atoms with Crippen LogP contribution in [0.25, 0.3) is 0 Å². The van der Waals surface area contributed by atoms with Crippen LogP contribution in [-0.2, 0) is 0 Å². The van der Waals surface area contributed by atoms with Gasteiger partial charge in [0.05, 0.1) is 0 Å². The molecule has 1 aromatic rings. The molecule has 94 valence electrons.